The van der Waals surface area contributed by atoms with Crippen molar-refractivity contribution in [3.05, 3.63) is 28.2 Å². The minimum Gasteiger partial charge on any atom is -0.489 e. The highest BCUT2D eigenvalue weighted by Crippen LogP contribution is 2.30. The van der Waals surface area contributed by atoms with Crippen molar-refractivity contribution in [1.29, 1.82) is 0 Å². The summed E-state index contributed by atoms with van der Waals surface area (Å²) < 4.78 is 7.19. The number of hydrogen-bond donors (Lipinski definition) is 1. The Morgan fingerprint density at radius 2 is 2.10 bits per heavy atom. The fourth-order valence-corrected chi connectivity index (χ4v) is 3.08. The summed E-state index contributed by atoms with van der Waals surface area (Å²) in [6.45, 7) is 7.54. The molecule has 1 aromatic rings. The molecule has 1 saturated heterocycles. The molecule has 0 bridgehead atoms. The maximum Gasteiger partial charge on any atom is 0.133 e. The number of likely N-dealkylation sites (tertiary alicyclic amines) is 1. The molecule has 112 valence electrons. The second kappa shape index (κ2) is 7.43. The van der Waals surface area contributed by atoms with Gasteiger partial charge in [0.05, 0.1) is 4.47 Å². The van der Waals surface area contributed by atoms with E-state index < -0.39 is 0 Å². The smallest absolute Gasteiger partial charge is 0.133 e. The molecule has 1 aliphatic rings. The molecule has 3 nitrogen and oxygen atoms in total. The summed E-state index contributed by atoms with van der Waals surface area (Å²) in [5.41, 5.74) is 1.29. The predicted molar refractivity (Wildman–Crippen MR) is 87.4 cm³/mol. The van der Waals surface area contributed by atoms with Gasteiger partial charge in [0, 0.05) is 19.1 Å². The van der Waals surface area contributed by atoms with Crippen molar-refractivity contribution in [2.24, 2.45) is 0 Å². The van der Waals surface area contributed by atoms with Crippen LogP contribution in [0.2, 0.25) is 0 Å². The highest BCUT2D eigenvalue weighted by Gasteiger charge is 2.19. The molecule has 1 unspecified atom stereocenters. The standard InChI is InChI=1S/C16H25BrN2O/c1-4-18-12(2)13-5-6-16(15(17)11-13)20-14-7-9-19(3)10-8-14/h5-6,11-12,14,18H,4,7-10H2,1-3H3. The summed E-state index contributed by atoms with van der Waals surface area (Å²) >= 11 is 3.64. The molecule has 1 atom stereocenters. The van der Waals surface area contributed by atoms with Gasteiger partial charge in [0.1, 0.15) is 11.9 Å². The Bertz CT molecular complexity index is 430. The summed E-state index contributed by atoms with van der Waals surface area (Å²) in [5, 5.41) is 3.43. The van der Waals surface area contributed by atoms with Crippen molar-refractivity contribution >= 4 is 15.9 Å². The number of nitrogens with zero attached hydrogens (tertiary/aromatic N) is 1. The maximum absolute atomic E-state index is 6.14. The van der Waals surface area contributed by atoms with Gasteiger partial charge < -0.3 is 15.0 Å². The van der Waals surface area contributed by atoms with Crippen LogP contribution in [0.5, 0.6) is 5.75 Å². The molecule has 1 aromatic carbocycles. The van der Waals surface area contributed by atoms with Gasteiger partial charge in [0.2, 0.25) is 0 Å². The normalized spacial score (nSPS) is 19.0. The molecule has 0 amide bonds. The molecule has 4 heteroatoms. The van der Waals surface area contributed by atoms with Crippen molar-refractivity contribution in [2.75, 3.05) is 26.7 Å². The van der Waals surface area contributed by atoms with Gasteiger partial charge in [-0.05, 0) is 67.0 Å². The van der Waals surface area contributed by atoms with E-state index in [1.165, 1.54) is 5.56 Å². The summed E-state index contributed by atoms with van der Waals surface area (Å²) in [6, 6.07) is 6.78. The first-order valence-corrected chi connectivity index (χ1v) is 8.27. The van der Waals surface area contributed by atoms with Crippen LogP contribution in [0.4, 0.5) is 0 Å². The van der Waals surface area contributed by atoms with Crippen LogP contribution >= 0.6 is 15.9 Å². The molecule has 1 fully saturated rings. The molecular formula is C16H25BrN2O. The van der Waals surface area contributed by atoms with E-state index in [-0.39, 0.29) is 0 Å². The van der Waals surface area contributed by atoms with Crippen molar-refractivity contribution in [1.82, 2.24) is 10.2 Å². The van der Waals surface area contributed by atoms with E-state index in [2.05, 4.69) is 65.2 Å². The highest BCUT2D eigenvalue weighted by molar-refractivity contribution is 9.10. The highest BCUT2D eigenvalue weighted by atomic mass is 79.9. The Morgan fingerprint density at radius 1 is 1.40 bits per heavy atom. The van der Waals surface area contributed by atoms with E-state index >= 15 is 0 Å². The second-order valence-corrected chi connectivity index (χ2v) is 6.44. The maximum atomic E-state index is 6.14. The molecule has 0 aromatic heterocycles. The fraction of sp³-hybridized carbons (Fsp3) is 0.625. The van der Waals surface area contributed by atoms with Crippen LogP contribution in [-0.2, 0) is 0 Å². The molecule has 20 heavy (non-hydrogen) atoms. The van der Waals surface area contributed by atoms with Gasteiger partial charge in [0.15, 0.2) is 0 Å². The van der Waals surface area contributed by atoms with Crippen LogP contribution in [0.15, 0.2) is 22.7 Å². The van der Waals surface area contributed by atoms with Crippen LogP contribution in [0.3, 0.4) is 0 Å². The number of rotatable bonds is 5. The minimum absolute atomic E-state index is 0.347. The van der Waals surface area contributed by atoms with Crippen molar-refractivity contribution < 1.29 is 4.74 Å². The molecule has 0 radical (unpaired) electrons. The molecule has 0 spiro atoms. The summed E-state index contributed by atoms with van der Waals surface area (Å²) in [7, 11) is 2.17. The average molecular weight is 341 g/mol. The van der Waals surface area contributed by atoms with Crippen LogP contribution in [-0.4, -0.2) is 37.7 Å². The van der Waals surface area contributed by atoms with E-state index in [9.17, 15) is 0 Å². The van der Waals surface area contributed by atoms with E-state index in [1.54, 1.807) is 0 Å². The predicted octanol–water partition coefficient (Wildman–Crippen LogP) is 3.59. The lowest BCUT2D eigenvalue weighted by atomic mass is 10.1. The third-order valence-electron chi connectivity index (χ3n) is 3.93. The number of ether oxygens (including phenoxy) is 1. The quantitative estimate of drug-likeness (QED) is 0.886. The van der Waals surface area contributed by atoms with E-state index in [0.717, 1.165) is 42.7 Å². The minimum atomic E-state index is 0.347. The first kappa shape index (κ1) is 15.8. The zero-order valence-electron chi connectivity index (χ0n) is 12.7. The van der Waals surface area contributed by atoms with Gasteiger partial charge in [-0.1, -0.05) is 13.0 Å². The molecule has 1 aliphatic heterocycles. The molecule has 2 rings (SSSR count). The second-order valence-electron chi connectivity index (χ2n) is 5.59. The number of piperidine rings is 1. The molecule has 0 aliphatic carbocycles. The van der Waals surface area contributed by atoms with Gasteiger partial charge in [-0.25, -0.2) is 0 Å². The molecule has 1 N–H and O–H groups in total. The Labute approximate surface area is 130 Å². The van der Waals surface area contributed by atoms with Crippen LogP contribution in [0, 0.1) is 0 Å². The number of hydrogen-bond acceptors (Lipinski definition) is 3. The van der Waals surface area contributed by atoms with Gasteiger partial charge in [0.25, 0.3) is 0 Å². The summed E-state index contributed by atoms with van der Waals surface area (Å²) in [5.74, 6) is 0.965. The first-order valence-electron chi connectivity index (χ1n) is 7.48. The number of halogens is 1. The third kappa shape index (κ3) is 4.21. The molecular weight excluding hydrogens is 316 g/mol. The number of nitrogens with one attached hydrogen (secondary N) is 1. The van der Waals surface area contributed by atoms with Gasteiger partial charge >= 0.3 is 0 Å². The third-order valence-corrected chi connectivity index (χ3v) is 4.55. The topological polar surface area (TPSA) is 24.5 Å². The van der Waals surface area contributed by atoms with E-state index in [4.69, 9.17) is 4.74 Å². The van der Waals surface area contributed by atoms with Crippen LogP contribution < -0.4 is 10.1 Å². The summed E-state index contributed by atoms with van der Waals surface area (Å²) in [6.07, 6.45) is 2.57. The van der Waals surface area contributed by atoms with Gasteiger partial charge in [-0.3, -0.25) is 0 Å². The summed E-state index contributed by atoms with van der Waals surface area (Å²) in [4.78, 5) is 2.36. The van der Waals surface area contributed by atoms with Gasteiger partial charge in [-0.15, -0.1) is 0 Å². The molecule has 0 saturated carbocycles. The Kier molecular flexibility index (Phi) is 5.87. The zero-order chi connectivity index (χ0) is 14.5. The lowest BCUT2D eigenvalue weighted by molar-refractivity contribution is 0.113. The van der Waals surface area contributed by atoms with Gasteiger partial charge in [-0.2, -0.15) is 0 Å². The van der Waals surface area contributed by atoms with E-state index in [1.807, 2.05) is 0 Å². The lowest BCUT2D eigenvalue weighted by Gasteiger charge is -2.29. The van der Waals surface area contributed by atoms with Crippen molar-refractivity contribution in [3.63, 3.8) is 0 Å². The monoisotopic (exact) mass is 340 g/mol. The van der Waals surface area contributed by atoms with E-state index in [0.29, 0.717) is 12.1 Å². The van der Waals surface area contributed by atoms with Crippen LogP contribution in [0.25, 0.3) is 0 Å². The first-order chi connectivity index (χ1) is 9.60. The Hall–Kier alpha value is -0.580. The van der Waals surface area contributed by atoms with Crippen molar-refractivity contribution in [2.45, 2.75) is 38.8 Å². The lowest BCUT2D eigenvalue weighted by Crippen LogP contribution is -2.35. The fourth-order valence-electron chi connectivity index (χ4n) is 2.59. The zero-order valence-corrected chi connectivity index (χ0v) is 14.2. The Morgan fingerprint density at radius 3 is 2.70 bits per heavy atom. The van der Waals surface area contributed by atoms with Crippen molar-refractivity contribution in [3.8, 4) is 5.75 Å². The average Bonchev–Trinajstić information content (AvgIpc) is 2.43. The van der Waals surface area contributed by atoms with Crippen LogP contribution in [0.1, 0.15) is 38.3 Å². The largest absolute Gasteiger partial charge is 0.489 e. The molecule has 1 heterocycles. The SMILES string of the molecule is CCNC(C)c1ccc(OC2CCN(C)CC2)c(Br)c1. The number of benzene rings is 1. The Balaban J connectivity index is 1.99.